The molecule has 1 fully saturated rings. The number of nitrogens with zero attached hydrogens (tertiary/aromatic N) is 1. The van der Waals surface area contributed by atoms with Gasteiger partial charge in [0, 0.05) is 0 Å². The van der Waals surface area contributed by atoms with Crippen molar-refractivity contribution in [3.63, 3.8) is 0 Å². The number of rotatable bonds is 6. The Morgan fingerprint density at radius 3 is 2.30 bits per heavy atom. The van der Waals surface area contributed by atoms with E-state index in [2.05, 4.69) is 0 Å². The van der Waals surface area contributed by atoms with E-state index in [1.165, 1.54) is 0 Å². The molecule has 0 spiro atoms. The van der Waals surface area contributed by atoms with Crippen molar-refractivity contribution in [3.8, 4) is 5.75 Å². The van der Waals surface area contributed by atoms with Crippen molar-refractivity contribution in [2.75, 3.05) is 39.3 Å². The van der Waals surface area contributed by atoms with Gasteiger partial charge in [-0.3, -0.25) is 0 Å². The first-order valence-corrected chi connectivity index (χ1v) is 9.98. The molecule has 9 heteroatoms. The molecule has 1 saturated heterocycles. The molecule has 0 saturated carbocycles. The Bertz CT molecular complexity index is 886. The van der Waals surface area contributed by atoms with E-state index in [-0.39, 0.29) is 13.1 Å². The third-order valence-electron chi connectivity index (χ3n) is 4.51. The molecule has 0 bridgehead atoms. The quantitative estimate of drug-likeness (QED) is 0.737. The molecule has 1 aliphatic heterocycles. The van der Waals surface area contributed by atoms with E-state index in [4.69, 9.17) is 4.74 Å². The maximum absolute atomic E-state index is 13.9. The lowest BCUT2D eigenvalue weighted by atomic mass is 10.3. The average molecular weight is 401 g/mol. The standard InChI is InChI=1S/C18H19F3N2O3S/c19-15-6-7-16(18(21)17(15)20)27(24,25)23-10-8-22(9-11-23)12-13-26-14-4-2-1-3-5-14/h1-7H,8-13H2/p+1. The van der Waals surface area contributed by atoms with E-state index < -0.39 is 32.4 Å². The zero-order chi connectivity index (χ0) is 19.4. The molecular weight excluding hydrogens is 381 g/mol. The number of benzene rings is 2. The Morgan fingerprint density at radius 2 is 1.63 bits per heavy atom. The van der Waals surface area contributed by atoms with Crippen LogP contribution in [-0.2, 0) is 10.0 Å². The lowest BCUT2D eigenvalue weighted by molar-refractivity contribution is -0.903. The topological polar surface area (TPSA) is 51.0 Å². The number of nitrogens with one attached hydrogen (secondary N) is 1. The molecule has 0 aromatic heterocycles. The van der Waals surface area contributed by atoms with Gasteiger partial charge in [0.05, 0.1) is 26.2 Å². The molecule has 0 atom stereocenters. The van der Waals surface area contributed by atoms with E-state index in [0.717, 1.165) is 21.0 Å². The fourth-order valence-electron chi connectivity index (χ4n) is 2.97. The van der Waals surface area contributed by atoms with Gasteiger partial charge in [0.2, 0.25) is 10.0 Å². The number of halogens is 3. The normalized spacial score (nSPS) is 16.4. The van der Waals surface area contributed by atoms with Crippen LogP contribution in [0.2, 0.25) is 0 Å². The largest absolute Gasteiger partial charge is 0.488 e. The molecule has 0 amide bonds. The van der Waals surface area contributed by atoms with Crippen molar-refractivity contribution in [1.29, 1.82) is 0 Å². The van der Waals surface area contributed by atoms with Gasteiger partial charge in [-0.15, -0.1) is 0 Å². The SMILES string of the molecule is O=S(=O)(c1ccc(F)c(F)c1F)N1CC[NH+](CCOc2ccccc2)CC1. The highest BCUT2D eigenvalue weighted by Gasteiger charge is 2.33. The van der Waals surface area contributed by atoms with Crippen LogP contribution in [0.4, 0.5) is 13.2 Å². The Labute approximate surface area is 156 Å². The van der Waals surface area contributed by atoms with Crippen LogP contribution < -0.4 is 9.64 Å². The molecule has 1 aliphatic rings. The third-order valence-corrected chi connectivity index (χ3v) is 6.43. The Balaban J connectivity index is 1.56. The summed E-state index contributed by atoms with van der Waals surface area (Å²) in [6.45, 7) is 2.56. The molecule has 146 valence electrons. The predicted molar refractivity (Wildman–Crippen MR) is 92.6 cm³/mol. The predicted octanol–water partition coefficient (Wildman–Crippen LogP) is 1.07. The van der Waals surface area contributed by atoms with Crippen LogP contribution in [0, 0.1) is 17.5 Å². The summed E-state index contributed by atoms with van der Waals surface area (Å²) in [5, 5.41) is 0. The van der Waals surface area contributed by atoms with Crippen LogP contribution in [0.1, 0.15) is 0 Å². The number of para-hydroxylation sites is 1. The van der Waals surface area contributed by atoms with Gasteiger partial charge in [-0.2, -0.15) is 4.31 Å². The fourth-order valence-corrected chi connectivity index (χ4v) is 4.47. The van der Waals surface area contributed by atoms with Crippen LogP contribution in [0.25, 0.3) is 0 Å². The molecular formula is C18H20F3N2O3S+. The fraction of sp³-hybridized carbons (Fsp3) is 0.333. The maximum atomic E-state index is 13.9. The summed E-state index contributed by atoms with van der Waals surface area (Å²) in [5.41, 5.74) is 0. The average Bonchev–Trinajstić information content (AvgIpc) is 2.67. The van der Waals surface area contributed by atoms with Gasteiger partial charge in [0.25, 0.3) is 0 Å². The van der Waals surface area contributed by atoms with Gasteiger partial charge in [0.1, 0.15) is 23.8 Å². The van der Waals surface area contributed by atoms with Crippen LogP contribution in [-0.4, -0.2) is 52.1 Å². The summed E-state index contributed by atoms with van der Waals surface area (Å²) in [7, 11) is -4.21. The second-order valence-corrected chi connectivity index (χ2v) is 8.15. The first-order chi connectivity index (χ1) is 12.9. The minimum absolute atomic E-state index is 0.168. The van der Waals surface area contributed by atoms with Crippen molar-refractivity contribution in [1.82, 2.24) is 4.31 Å². The summed E-state index contributed by atoms with van der Waals surface area (Å²) in [4.78, 5) is 0.320. The minimum Gasteiger partial charge on any atom is -0.488 e. The summed E-state index contributed by atoms with van der Waals surface area (Å²) < 4.78 is 72.1. The van der Waals surface area contributed by atoms with E-state index in [9.17, 15) is 21.6 Å². The van der Waals surface area contributed by atoms with Crippen molar-refractivity contribution >= 4 is 10.0 Å². The van der Waals surface area contributed by atoms with Gasteiger partial charge in [-0.25, -0.2) is 21.6 Å². The summed E-state index contributed by atoms with van der Waals surface area (Å²) >= 11 is 0. The molecule has 1 heterocycles. The van der Waals surface area contributed by atoms with E-state index in [1.54, 1.807) is 0 Å². The molecule has 0 radical (unpaired) electrons. The van der Waals surface area contributed by atoms with Gasteiger partial charge < -0.3 is 9.64 Å². The Morgan fingerprint density at radius 1 is 0.963 bits per heavy atom. The summed E-state index contributed by atoms with van der Waals surface area (Å²) in [6.07, 6.45) is 0. The lowest BCUT2D eigenvalue weighted by Crippen LogP contribution is -3.15. The first kappa shape index (κ1) is 19.7. The number of quaternary nitrogens is 1. The van der Waals surface area contributed by atoms with Gasteiger partial charge in [-0.1, -0.05) is 18.2 Å². The van der Waals surface area contributed by atoms with E-state index in [0.29, 0.717) is 32.3 Å². The van der Waals surface area contributed by atoms with Gasteiger partial charge in [-0.05, 0) is 24.3 Å². The lowest BCUT2D eigenvalue weighted by Gasteiger charge is -2.31. The van der Waals surface area contributed by atoms with Crippen molar-refractivity contribution in [3.05, 3.63) is 59.9 Å². The summed E-state index contributed by atoms with van der Waals surface area (Å²) in [5.74, 6) is -4.11. The number of sulfonamides is 1. The smallest absolute Gasteiger partial charge is 0.246 e. The monoisotopic (exact) mass is 401 g/mol. The molecule has 27 heavy (non-hydrogen) atoms. The third kappa shape index (κ3) is 4.42. The molecule has 0 aliphatic carbocycles. The summed E-state index contributed by atoms with van der Waals surface area (Å²) in [6, 6.07) is 10.7. The van der Waals surface area contributed by atoms with Crippen molar-refractivity contribution in [2.24, 2.45) is 0 Å². The first-order valence-electron chi connectivity index (χ1n) is 8.54. The highest BCUT2D eigenvalue weighted by atomic mass is 32.2. The zero-order valence-electron chi connectivity index (χ0n) is 14.5. The molecule has 2 aromatic carbocycles. The molecule has 0 unspecified atom stereocenters. The van der Waals surface area contributed by atoms with Crippen LogP contribution >= 0.6 is 0 Å². The maximum Gasteiger partial charge on any atom is 0.246 e. The Kier molecular flexibility index (Phi) is 6.03. The van der Waals surface area contributed by atoms with E-state index in [1.807, 2.05) is 30.3 Å². The molecule has 3 rings (SSSR count). The Hall–Kier alpha value is -2.10. The molecule has 2 aromatic rings. The van der Waals surface area contributed by atoms with Crippen LogP contribution in [0.15, 0.2) is 47.4 Å². The van der Waals surface area contributed by atoms with Crippen LogP contribution in [0.5, 0.6) is 5.75 Å². The molecule has 1 N–H and O–H groups in total. The number of ether oxygens (including phenoxy) is 1. The number of piperazine rings is 1. The minimum atomic E-state index is -4.21. The zero-order valence-corrected chi connectivity index (χ0v) is 15.3. The van der Waals surface area contributed by atoms with Crippen molar-refractivity contribution in [2.45, 2.75) is 4.90 Å². The molecule has 5 nitrogen and oxygen atoms in total. The second-order valence-electron chi connectivity index (χ2n) is 6.24. The van der Waals surface area contributed by atoms with Gasteiger partial charge >= 0.3 is 0 Å². The number of hydrogen-bond acceptors (Lipinski definition) is 3. The van der Waals surface area contributed by atoms with Crippen molar-refractivity contribution < 1.29 is 31.2 Å². The van der Waals surface area contributed by atoms with E-state index >= 15 is 0 Å². The highest BCUT2D eigenvalue weighted by molar-refractivity contribution is 7.89. The second kappa shape index (κ2) is 8.28. The number of hydrogen-bond donors (Lipinski definition) is 1. The van der Waals surface area contributed by atoms with Crippen LogP contribution in [0.3, 0.4) is 0 Å². The highest BCUT2D eigenvalue weighted by Crippen LogP contribution is 2.23. The van der Waals surface area contributed by atoms with Gasteiger partial charge in [0.15, 0.2) is 17.5 Å².